The van der Waals surface area contributed by atoms with Gasteiger partial charge in [0.05, 0.1) is 19.9 Å². The fraction of sp³-hybridized carbons (Fsp3) is 0.115. The topological polar surface area (TPSA) is 42.8 Å². The molecule has 0 aliphatic rings. The Kier molecular flexibility index (Phi) is 7.04. The second-order valence-electron chi connectivity index (χ2n) is 7.02. The molecule has 0 saturated heterocycles. The first-order valence-electron chi connectivity index (χ1n) is 10.0. The predicted molar refractivity (Wildman–Crippen MR) is 135 cm³/mol. The van der Waals surface area contributed by atoms with Crippen molar-refractivity contribution in [2.45, 2.75) is 13.2 Å². The first kappa shape index (κ1) is 21.2. The molecule has 0 heterocycles. The average molecular weight is 522 g/mol. The Balaban J connectivity index is 1.54. The van der Waals surface area contributed by atoms with Crippen LogP contribution in [0.2, 0.25) is 0 Å². The summed E-state index contributed by atoms with van der Waals surface area (Å²) in [4.78, 5) is 0. The fourth-order valence-corrected chi connectivity index (χ4v) is 3.73. The molecule has 0 fully saturated rings. The Hall–Kier alpha value is -3.06. The van der Waals surface area contributed by atoms with Crippen molar-refractivity contribution in [2.75, 3.05) is 7.11 Å². The van der Waals surface area contributed by atoms with Gasteiger partial charge in [-0.1, -0.05) is 60.7 Å². The first-order chi connectivity index (χ1) is 15.2. The molecule has 4 aromatic rings. The van der Waals surface area contributed by atoms with Gasteiger partial charge in [-0.25, -0.2) is 0 Å². The molecule has 156 valence electrons. The Morgan fingerprint density at radius 1 is 0.871 bits per heavy atom. The summed E-state index contributed by atoms with van der Waals surface area (Å²) in [5.41, 5.74) is 6.27. The van der Waals surface area contributed by atoms with Gasteiger partial charge >= 0.3 is 0 Å². The van der Waals surface area contributed by atoms with Gasteiger partial charge in [0.2, 0.25) is 0 Å². The molecule has 0 radical (unpaired) electrons. The van der Waals surface area contributed by atoms with Crippen LogP contribution in [-0.4, -0.2) is 13.3 Å². The minimum Gasteiger partial charge on any atom is -0.496 e. The predicted octanol–water partition coefficient (Wildman–Crippen LogP) is 6.16. The van der Waals surface area contributed by atoms with E-state index in [1.54, 1.807) is 7.11 Å². The SMILES string of the molecule is COc1ccccc1CN/N=C/c1c(OCc2ccc(I)cc2)ccc2ccccc12. The first-order valence-corrected chi connectivity index (χ1v) is 11.1. The van der Waals surface area contributed by atoms with Crippen LogP contribution < -0.4 is 14.9 Å². The second kappa shape index (κ2) is 10.3. The Labute approximate surface area is 196 Å². The van der Waals surface area contributed by atoms with Gasteiger partial charge in [0.15, 0.2) is 0 Å². The fourth-order valence-electron chi connectivity index (χ4n) is 3.37. The standard InChI is InChI=1S/C26H23IN2O2/c1-30-25-9-5-3-7-21(25)16-28-29-17-24-23-8-4-2-6-20(23)12-15-26(24)31-18-19-10-13-22(27)14-11-19/h2-15,17,28H,16,18H2,1H3/b29-17+. The van der Waals surface area contributed by atoms with Gasteiger partial charge in [-0.2, -0.15) is 5.10 Å². The van der Waals surface area contributed by atoms with Crippen LogP contribution in [0.3, 0.4) is 0 Å². The number of para-hydroxylation sites is 1. The summed E-state index contributed by atoms with van der Waals surface area (Å²) in [5, 5.41) is 6.73. The molecule has 4 aromatic carbocycles. The summed E-state index contributed by atoms with van der Waals surface area (Å²) in [6.07, 6.45) is 1.83. The number of fused-ring (bicyclic) bond motifs is 1. The normalized spacial score (nSPS) is 11.0. The van der Waals surface area contributed by atoms with E-state index in [0.717, 1.165) is 39.0 Å². The lowest BCUT2D eigenvalue weighted by molar-refractivity contribution is 0.306. The maximum absolute atomic E-state index is 6.18. The molecule has 0 aliphatic heterocycles. The minimum atomic E-state index is 0.505. The molecule has 4 nitrogen and oxygen atoms in total. The average Bonchev–Trinajstić information content (AvgIpc) is 2.82. The minimum absolute atomic E-state index is 0.505. The summed E-state index contributed by atoms with van der Waals surface area (Å²) in [6, 6.07) is 28.6. The highest BCUT2D eigenvalue weighted by Crippen LogP contribution is 2.27. The van der Waals surface area contributed by atoms with Crippen LogP contribution in [0.4, 0.5) is 0 Å². The zero-order valence-corrected chi connectivity index (χ0v) is 19.4. The van der Waals surface area contributed by atoms with E-state index in [1.807, 2.05) is 48.7 Å². The van der Waals surface area contributed by atoms with E-state index in [4.69, 9.17) is 9.47 Å². The van der Waals surface area contributed by atoms with Crippen LogP contribution in [0, 0.1) is 3.57 Å². The molecule has 0 aromatic heterocycles. The van der Waals surface area contributed by atoms with Crippen LogP contribution in [0.1, 0.15) is 16.7 Å². The second-order valence-corrected chi connectivity index (χ2v) is 8.26. The molecule has 31 heavy (non-hydrogen) atoms. The van der Waals surface area contributed by atoms with E-state index in [9.17, 15) is 0 Å². The molecule has 0 unspecified atom stereocenters. The van der Waals surface area contributed by atoms with Gasteiger partial charge < -0.3 is 14.9 Å². The van der Waals surface area contributed by atoms with Crippen LogP contribution in [0.25, 0.3) is 10.8 Å². The van der Waals surface area contributed by atoms with Crippen molar-refractivity contribution >= 4 is 39.6 Å². The smallest absolute Gasteiger partial charge is 0.129 e. The number of rotatable bonds is 8. The summed E-state index contributed by atoms with van der Waals surface area (Å²) in [6.45, 7) is 1.08. The van der Waals surface area contributed by atoms with Crippen molar-refractivity contribution in [3.8, 4) is 11.5 Å². The van der Waals surface area contributed by atoms with Gasteiger partial charge in [0.1, 0.15) is 18.1 Å². The molecule has 0 saturated carbocycles. The molecule has 0 aliphatic carbocycles. The zero-order chi connectivity index (χ0) is 21.5. The van der Waals surface area contributed by atoms with Crippen molar-refractivity contribution in [3.05, 3.63) is 105 Å². The van der Waals surface area contributed by atoms with Gasteiger partial charge in [-0.3, -0.25) is 0 Å². The molecule has 1 N–H and O–H groups in total. The van der Waals surface area contributed by atoms with E-state index < -0.39 is 0 Å². The van der Waals surface area contributed by atoms with Crippen LogP contribution in [0.5, 0.6) is 11.5 Å². The van der Waals surface area contributed by atoms with E-state index in [2.05, 4.69) is 75.6 Å². The van der Waals surface area contributed by atoms with Gasteiger partial charge in [0.25, 0.3) is 0 Å². The number of halogens is 1. The lowest BCUT2D eigenvalue weighted by Crippen LogP contribution is -2.07. The van der Waals surface area contributed by atoms with E-state index in [-0.39, 0.29) is 0 Å². The molecular weight excluding hydrogens is 499 g/mol. The number of hydrogen-bond acceptors (Lipinski definition) is 4. The Morgan fingerprint density at radius 3 is 2.48 bits per heavy atom. The molecular formula is C26H23IN2O2. The third kappa shape index (κ3) is 5.35. The number of ether oxygens (including phenoxy) is 2. The number of hydrazone groups is 1. The van der Waals surface area contributed by atoms with Crippen LogP contribution in [-0.2, 0) is 13.2 Å². The lowest BCUT2D eigenvalue weighted by Gasteiger charge is -2.12. The maximum atomic E-state index is 6.18. The number of methoxy groups -OCH3 is 1. The van der Waals surface area contributed by atoms with E-state index >= 15 is 0 Å². The van der Waals surface area contributed by atoms with Crippen molar-refractivity contribution in [1.82, 2.24) is 5.43 Å². The maximum Gasteiger partial charge on any atom is 0.129 e. The van der Waals surface area contributed by atoms with E-state index in [1.165, 1.54) is 3.57 Å². The molecule has 5 heteroatoms. The van der Waals surface area contributed by atoms with Crippen molar-refractivity contribution in [2.24, 2.45) is 5.10 Å². The molecule has 0 bridgehead atoms. The summed E-state index contributed by atoms with van der Waals surface area (Å²) < 4.78 is 12.8. The lowest BCUT2D eigenvalue weighted by atomic mass is 10.0. The Morgan fingerprint density at radius 2 is 1.65 bits per heavy atom. The molecule has 0 spiro atoms. The van der Waals surface area contributed by atoms with Gasteiger partial charge in [0, 0.05) is 14.7 Å². The number of benzene rings is 4. The zero-order valence-electron chi connectivity index (χ0n) is 17.2. The highest BCUT2D eigenvalue weighted by Gasteiger charge is 2.08. The molecule has 0 atom stereocenters. The summed E-state index contributed by atoms with van der Waals surface area (Å²) >= 11 is 2.31. The van der Waals surface area contributed by atoms with Crippen LogP contribution in [0.15, 0.2) is 90.0 Å². The van der Waals surface area contributed by atoms with Gasteiger partial charge in [-0.05, 0) is 63.2 Å². The van der Waals surface area contributed by atoms with Gasteiger partial charge in [-0.15, -0.1) is 0 Å². The largest absolute Gasteiger partial charge is 0.496 e. The van der Waals surface area contributed by atoms with Crippen LogP contribution >= 0.6 is 22.6 Å². The highest BCUT2D eigenvalue weighted by atomic mass is 127. The quantitative estimate of drug-likeness (QED) is 0.171. The number of nitrogens with zero attached hydrogens (tertiary/aromatic N) is 1. The Bertz CT molecular complexity index is 1190. The monoisotopic (exact) mass is 522 g/mol. The number of nitrogens with one attached hydrogen (secondary N) is 1. The third-order valence-electron chi connectivity index (χ3n) is 4.99. The van der Waals surface area contributed by atoms with Crippen molar-refractivity contribution < 1.29 is 9.47 Å². The van der Waals surface area contributed by atoms with Crippen molar-refractivity contribution in [3.63, 3.8) is 0 Å². The molecule has 0 amide bonds. The summed E-state index contributed by atoms with van der Waals surface area (Å²) in [5.74, 6) is 1.65. The number of hydrogen-bond donors (Lipinski definition) is 1. The van der Waals surface area contributed by atoms with Crippen molar-refractivity contribution in [1.29, 1.82) is 0 Å². The van der Waals surface area contributed by atoms with E-state index in [0.29, 0.717) is 13.2 Å². The summed E-state index contributed by atoms with van der Waals surface area (Å²) in [7, 11) is 1.68. The molecule has 4 rings (SSSR count). The highest BCUT2D eigenvalue weighted by molar-refractivity contribution is 14.1. The third-order valence-corrected chi connectivity index (χ3v) is 5.70.